The van der Waals surface area contributed by atoms with Crippen LogP contribution in [-0.2, 0) is 9.47 Å². The lowest BCUT2D eigenvalue weighted by Gasteiger charge is -2.10. The number of benzene rings is 2. The molecule has 0 aliphatic carbocycles. The van der Waals surface area contributed by atoms with Crippen molar-refractivity contribution in [3.8, 4) is 11.3 Å². The van der Waals surface area contributed by atoms with Crippen molar-refractivity contribution in [1.29, 1.82) is 0 Å². The van der Waals surface area contributed by atoms with E-state index in [2.05, 4.69) is 19.8 Å². The first-order chi connectivity index (χ1) is 14.8. The number of carbonyl (C=O) groups is 3. The molecule has 2 aromatic carbocycles. The zero-order valence-corrected chi connectivity index (χ0v) is 17.3. The summed E-state index contributed by atoms with van der Waals surface area (Å²) in [6.07, 6.45) is 0. The summed E-state index contributed by atoms with van der Waals surface area (Å²) in [6.45, 7) is 0. The maximum absolute atomic E-state index is 12.6. The molecule has 0 fully saturated rings. The summed E-state index contributed by atoms with van der Waals surface area (Å²) in [5.74, 6) is -2.13. The number of amides is 1. The van der Waals surface area contributed by atoms with Crippen LogP contribution in [0.15, 0.2) is 59.4 Å². The van der Waals surface area contributed by atoms with Gasteiger partial charge in [0.1, 0.15) is 5.56 Å². The van der Waals surface area contributed by atoms with Crippen molar-refractivity contribution < 1.29 is 23.9 Å². The van der Waals surface area contributed by atoms with Crippen LogP contribution < -0.4 is 10.9 Å². The van der Waals surface area contributed by atoms with E-state index >= 15 is 0 Å². The van der Waals surface area contributed by atoms with Gasteiger partial charge in [0, 0.05) is 16.4 Å². The van der Waals surface area contributed by atoms with E-state index in [0.717, 1.165) is 5.56 Å². The maximum Gasteiger partial charge on any atom is 0.337 e. The average Bonchev–Trinajstić information content (AvgIpc) is 2.78. The van der Waals surface area contributed by atoms with E-state index in [-0.39, 0.29) is 22.4 Å². The molecular formula is C22H17ClN2O6. The number of anilines is 1. The number of hydrogen-bond acceptors (Lipinski definition) is 6. The van der Waals surface area contributed by atoms with Gasteiger partial charge in [-0.05, 0) is 48.0 Å². The lowest BCUT2D eigenvalue weighted by atomic mass is 10.1. The number of rotatable bonds is 5. The Morgan fingerprint density at radius 3 is 1.97 bits per heavy atom. The van der Waals surface area contributed by atoms with E-state index in [1.807, 2.05) is 0 Å². The van der Waals surface area contributed by atoms with Gasteiger partial charge in [-0.2, -0.15) is 0 Å². The molecule has 9 heteroatoms. The van der Waals surface area contributed by atoms with Crippen LogP contribution in [0.5, 0.6) is 0 Å². The summed E-state index contributed by atoms with van der Waals surface area (Å²) in [7, 11) is 2.38. The van der Waals surface area contributed by atoms with Crippen LogP contribution in [0.3, 0.4) is 0 Å². The predicted octanol–water partition coefficient (Wildman–Crippen LogP) is 3.52. The van der Waals surface area contributed by atoms with E-state index < -0.39 is 23.4 Å². The van der Waals surface area contributed by atoms with Gasteiger partial charge in [-0.15, -0.1) is 0 Å². The molecule has 1 aromatic heterocycles. The van der Waals surface area contributed by atoms with Gasteiger partial charge in [0.05, 0.1) is 25.3 Å². The molecule has 0 aliphatic heterocycles. The topological polar surface area (TPSA) is 115 Å². The fourth-order valence-electron chi connectivity index (χ4n) is 2.82. The molecule has 31 heavy (non-hydrogen) atoms. The summed E-state index contributed by atoms with van der Waals surface area (Å²) in [5, 5.41) is 3.07. The quantitative estimate of drug-likeness (QED) is 0.586. The van der Waals surface area contributed by atoms with Crippen molar-refractivity contribution >= 4 is 35.1 Å². The number of halogens is 1. The third-order valence-electron chi connectivity index (χ3n) is 4.34. The molecule has 0 radical (unpaired) electrons. The molecule has 1 amide bonds. The van der Waals surface area contributed by atoms with E-state index in [1.54, 1.807) is 30.3 Å². The molecule has 0 unspecified atom stereocenters. The van der Waals surface area contributed by atoms with Crippen LogP contribution in [0.25, 0.3) is 11.3 Å². The summed E-state index contributed by atoms with van der Waals surface area (Å²) in [5.41, 5.74) is 0.666. The number of methoxy groups -OCH3 is 2. The molecule has 0 spiro atoms. The van der Waals surface area contributed by atoms with Crippen LogP contribution in [0, 0.1) is 0 Å². The minimum Gasteiger partial charge on any atom is -0.465 e. The Morgan fingerprint density at radius 2 is 1.45 bits per heavy atom. The SMILES string of the molecule is COC(=O)c1cc(NC(=O)c2ccc(-c3ccc(Cl)cc3)[nH]c2=O)cc(C(=O)OC)c1. The van der Waals surface area contributed by atoms with Gasteiger partial charge in [0.2, 0.25) is 0 Å². The Balaban J connectivity index is 1.90. The monoisotopic (exact) mass is 440 g/mol. The van der Waals surface area contributed by atoms with E-state index in [1.165, 1.54) is 38.5 Å². The highest BCUT2D eigenvalue weighted by atomic mass is 35.5. The number of esters is 2. The van der Waals surface area contributed by atoms with E-state index in [4.69, 9.17) is 11.6 Å². The van der Waals surface area contributed by atoms with Gasteiger partial charge >= 0.3 is 11.9 Å². The number of nitrogens with one attached hydrogen (secondary N) is 2. The molecule has 1 heterocycles. The van der Waals surface area contributed by atoms with Crippen LogP contribution in [0.4, 0.5) is 5.69 Å². The number of hydrogen-bond donors (Lipinski definition) is 2. The number of pyridine rings is 1. The second-order valence-corrected chi connectivity index (χ2v) is 6.79. The molecule has 158 valence electrons. The molecule has 2 N–H and O–H groups in total. The minimum atomic E-state index is -0.721. The molecule has 0 bridgehead atoms. The largest absolute Gasteiger partial charge is 0.465 e. The number of aromatic nitrogens is 1. The van der Waals surface area contributed by atoms with Crippen molar-refractivity contribution in [2.75, 3.05) is 19.5 Å². The molecule has 3 rings (SSSR count). The Kier molecular flexibility index (Phi) is 6.52. The molecular weight excluding hydrogens is 424 g/mol. The van der Waals surface area contributed by atoms with Gasteiger partial charge < -0.3 is 19.8 Å². The predicted molar refractivity (Wildman–Crippen MR) is 115 cm³/mol. The van der Waals surface area contributed by atoms with Crippen molar-refractivity contribution in [3.63, 3.8) is 0 Å². The van der Waals surface area contributed by atoms with Crippen molar-refractivity contribution in [2.45, 2.75) is 0 Å². The lowest BCUT2D eigenvalue weighted by molar-refractivity contribution is 0.0599. The number of aromatic amines is 1. The molecule has 3 aromatic rings. The van der Waals surface area contributed by atoms with Gasteiger partial charge in [-0.1, -0.05) is 23.7 Å². The molecule has 0 aliphatic rings. The van der Waals surface area contributed by atoms with Crippen molar-refractivity contribution in [1.82, 2.24) is 4.98 Å². The normalized spacial score (nSPS) is 10.3. The highest BCUT2D eigenvalue weighted by molar-refractivity contribution is 6.30. The average molecular weight is 441 g/mol. The van der Waals surface area contributed by atoms with Crippen molar-refractivity contribution in [2.24, 2.45) is 0 Å². The molecule has 8 nitrogen and oxygen atoms in total. The minimum absolute atomic E-state index is 0.0349. The molecule has 0 saturated heterocycles. The first-order valence-corrected chi connectivity index (χ1v) is 9.32. The van der Waals surface area contributed by atoms with Crippen LogP contribution in [0.1, 0.15) is 31.1 Å². The van der Waals surface area contributed by atoms with Crippen molar-refractivity contribution in [3.05, 3.63) is 86.7 Å². The fraction of sp³-hybridized carbons (Fsp3) is 0.0909. The Morgan fingerprint density at radius 1 is 0.871 bits per heavy atom. The van der Waals surface area contributed by atoms with Gasteiger partial charge in [0.15, 0.2) is 0 Å². The van der Waals surface area contributed by atoms with Gasteiger partial charge in [0.25, 0.3) is 11.5 Å². The Bertz CT molecular complexity index is 1180. The first kappa shape index (κ1) is 21.8. The van der Waals surface area contributed by atoms with Gasteiger partial charge in [-0.25, -0.2) is 9.59 Å². The van der Waals surface area contributed by atoms with Crippen LogP contribution >= 0.6 is 11.6 Å². The molecule has 0 atom stereocenters. The zero-order valence-electron chi connectivity index (χ0n) is 16.5. The summed E-state index contributed by atoms with van der Waals surface area (Å²) >= 11 is 5.87. The molecule has 0 saturated carbocycles. The summed E-state index contributed by atoms with van der Waals surface area (Å²) in [4.78, 5) is 51.5. The van der Waals surface area contributed by atoms with E-state index in [9.17, 15) is 19.2 Å². The van der Waals surface area contributed by atoms with E-state index in [0.29, 0.717) is 10.7 Å². The first-order valence-electron chi connectivity index (χ1n) is 8.94. The Labute approximate surface area is 181 Å². The second kappa shape index (κ2) is 9.27. The highest BCUT2D eigenvalue weighted by Crippen LogP contribution is 2.20. The second-order valence-electron chi connectivity index (χ2n) is 6.36. The van der Waals surface area contributed by atoms with Crippen LogP contribution in [0.2, 0.25) is 5.02 Å². The van der Waals surface area contributed by atoms with Gasteiger partial charge in [-0.3, -0.25) is 9.59 Å². The number of ether oxygens (including phenoxy) is 2. The maximum atomic E-state index is 12.6. The standard InChI is InChI=1S/C22H17ClN2O6/c1-30-21(28)13-9-14(22(29)31-2)11-16(10-13)24-19(26)17-7-8-18(25-20(17)27)12-3-5-15(23)6-4-12/h3-11H,1-2H3,(H,24,26)(H,25,27). The zero-order chi connectivity index (χ0) is 22.5. The number of carbonyl (C=O) groups excluding carboxylic acids is 3. The fourth-order valence-corrected chi connectivity index (χ4v) is 2.95. The Hall–Kier alpha value is -3.91. The summed E-state index contributed by atoms with van der Waals surface area (Å²) < 4.78 is 9.33. The summed E-state index contributed by atoms with van der Waals surface area (Å²) in [6, 6.07) is 13.7. The van der Waals surface area contributed by atoms with Crippen LogP contribution in [-0.4, -0.2) is 37.0 Å². The smallest absolute Gasteiger partial charge is 0.337 e. The lowest BCUT2D eigenvalue weighted by Crippen LogP contribution is -2.23. The highest BCUT2D eigenvalue weighted by Gasteiger charge is 2.17. The number of H-pyrrole nitrogens is 1. The third kappa shape index (κ3) is 4.99. The third-order valence-corrected chi connectivity index (χ3v) is 4.59.